The average molecular weight is 155 g/mol. The molecule has 2 N–H and O–H groups in total. The maximum atomic E-state index is 5.90. The highest BCUT2D eigenvalue weighted by Crippen LogP contribution is 2.55. The molecule has 0 bridgehead atoms. The number of rotatable bonds is 0. The third kappa shape index (κ3) is 1.18. The van der Waals surface area contributed by atoms with Crippen molar-refractivity contribution in [1.82, 2.24) is 0 Å². The molecule has 2 aliphatic rings. The van der Waals surface area contributed by atoms with E-state index in [0.717, 1.165) is 13.0 Å². The van der Waals surface area contributed by atoms with Crippen molar-refractivity contribution in [2.45, 2.75) is 44.8 Å². The van der Waals surface area contributed by atoms with Crippen LogP contribution in [-0.4, -0.2) is 18.2 Å². The van der Waals surface area contributed by atoms with Crippen LogP contribution in [0.2, 0.25) is 0 Å². The second kappa shape index (κ2) is 1.99. The highest BCUT2D eigenvalue weighted by atomic mass is 16.5. The summed E-state index contributed by atoms with van der Waals surface area (Å²) >= 11 is 0. The van der Waals surface area contributed by atoms with E-state index in [9.17, 15) is 0 Å². The molecule has 1 aliphatic heterocycles. The second-order valence-corrected chi connectivity index (χ2v) is 4.71. The highest BCUT2D eigenvalue weighted by Gasteiger charge is 2.55. The van der Waals surface area contributed by atoms with Crippen LogP contribution in [0.4, 0.5) is 0 Å². The van der Waals surface area contributed by atoms with Gasteiger partial charge in [0.05, 0.1) is 5.60 Å². The Kier molecular flexibility index (Phi) is 1.37. The first-order chi connectivity index (χ1) is 5.04. The van der Waals surface area contributed by atoms with Crippen molar-refractivity contribution in [3.05, 3.63) is 0 Å². The van der Waals surface area contributed by atoms with Crippen LogP contribution < -0.4 is 5.73 Å². The van der Waals surface area contributed by atoms with Gasteiger partial charge in [0.15, 0.2) is 0 Å². The molecule has 2 nitrogen and oxygen atoms in total. The Hall–Kier alpha value is -0.0800. The average Bonchev–Trinajstić information content (AvgIpc) is 2.38. The number of hydrogen-bond donors (Lipinski definition) is 1. The summed E-state index contributed by atoms with van der Waals surface area (Å²) in [6.07, 6.45) is 3.55. The standard InChI is InChI=1S/C9H17NO/c1-8(2)6-9(3-4-11-8)5-7(9)10/h7H,3-6,10H2,1-2H3. The Labute approximate surface area is 68.1 Å². The number of hydrogen-bond acceptors (Lipinski definition) is 2. The van der Waals surface area contributed by atoms with E-state index in [2.05, 4.69) is 13.8 Å². The molecule has 1 saturated heterocycles. The molecule has 0 aromatic heterocycles. The molecule has 2 heteroatoms. The van der Waals surface area contributed by atoms with Gasteiger partial charge in [-0.25, -0.2) is 0 Å². The van der Waals surface area contributed by atoms with E-state index < -0.39 is 0 Å². The summed E-state index contributed by atoms with van der Waals surface area (Å²) in [7, 11) is 0. The van der Waals surface area contributed by atoms with Gasteiger partial charge in [-0.1, -0.05) is 0 Å². The summed E-state index contributed by atoms with van der Waals surface area (Å²) in [6.45, 7) is 5.23. The molecule has 0 radical (unpaired) electrons. The van der Waals surface area contributed by atoms with Crippen molar-refractivity contribution in [1.29, 1.82) is 0 Å². The zero-order chi connectivity index (χ0) is 8.11. The lowest BCUT2D eigenvalue weighted by Crippen LogP contribution is -2.37. The minimum atomic E-state index is 0.0758. The molecular formula is C9H17NO. The molecule has 0 amide bonds. The van der Waals surface area contributed by atoms with Crippen molar-refractivity contribution >= 4 is 0 Å². The van der Waals surface area contributed by atoms with Gasteiger partial charge in [0.25, 0.3) is 0 Å². The van der Waals surface area contributed by atoms with E-state index in [1.807, 2.05) is 0 Å². The molecule has 2 atom stereocenters. The van der Waals surface area contributed by atoms with Crippen molar-refractivity contribution < 1.29 is 4.74 Å². The Morgan fingerprint density at radius 3 is 2.45 bits per heavy atom. The fourth-order valence-electron chi connectivity index (χ4n) is 2.39. The van der Waals surface area contributed by atoms with Crippen LogP contribution in [-0.2, 0) is 4.74 Å². The van der Waals surface area contributed by atoms with E-state index in [1.54, 1.807) is 0 Å². The minimum absolute atomic E-state index is 0.0758. The van der Waals surface area contributed by atoms with Gasteiger partial charge in [-0.2, -0.15) is 0 Å². The molecule has 2 rings (SSSR count). The van der Waals surface area contributed by atoms with Gasteiger partial charge < -0.3 is 10.5 Å². The van der Waals surface area contributed by atoms with E-state index in [0.29, 0.717) is 11.5 Å². The molecule has 1 heterocycles. The highest BCUT2D eigenvalue weighted by molar-refractivity contribution is 5.09. The predicted molar refractivity (Wildman–Crippen MR) is 44.3 cm³/mol. The first-order valence-corrected chi connectivity index (χ1v) is 4.44. The normalized spacial score (nSPS) is 47.7. The van der Waals surface area contributed by atoms with Crippen LogP contribution in [0.5, 0.6) is 0 Å². The monoisotopic (exact) mass is 155 g/mol. The number of nitrogens with two attached hydrogens (primary N) is 1. The Balaban J connectivity index is 2.06. The largest absolute Gasteiger partial charge is 0.376 e. The second-order valence-electron chi connectivity index (χ2n) is 4.71. The summed E-state index contributed by atoms with van der Waals surface area (Å²) in [6, 6.07) is 0.464. The van der Waals surface area contributed by atoms with Crippen LogP contribution in [0.1, 0.15) is 33.1 Å². The van der Waals surface area contributed by atoms with Gasteiger partial charge in [-0.05, 0) is 38.5 Å². The van der Waals surface area contributed by atoms with Crippen molar-refractivity contribution in [3.63, 3.8) is 0 Å². The van der Waals surface area contributed by atoms with E-state index >= 15 is 0 Å². The van der Waals surface area contributed by atoms with Crippen LogP contribution in [0.15, 0.2) is 0 Å². The predicted octanol–water partition coefficient (Wildman–Crippen LogP) is 1.29. The lowest BCUT2D eigenvalue weighted by atomic mass is 9.85. The summed E-state index contributed by atoms with van der Waals surface area (Å²) < 4.78 is 5.63. The molecule has 0 aromatic rings. The van der Waals surface area contributed by atoms with E-state index in [-0.39, 0.29) is 5.60 Å². The Morgan fingerprint density at radius 1 is 1.45 bits per heavy atom. The SMILES string of the molecule is CC1(C)CC2(CCO1)CC2N. The first kappa shape index (κ1) is 7.56. The Morgan fingerprint density at radius 2 is 2.09 bits per heavy atom. The van der Waals surface area contributed by atoms with Gasteiger partial charge in [-0.15, -0.1) is 0 Å². The van der Waals surface area contributed by atoms with Gasteiger partial charge >= 0.3 is 0 Å². The topological polar surface area (TPSA) is 35.2 Å². The zero-order valence-corrected chi connectivity index (χ0v) is 7.39. The van der Waals surface area contributed by atoms with Gasteiger partial charge in [0, 0.05) is 12.6 Å². The molecule has 1 aliphatic carbocycles. The van der Waals surface area contributed by atoms with Crippen molar-refractivity contribution in [3.8, 4) is 0 Å². The third-order valence-corrected chi connectivity index (χ3v) is 3.12. The van der Waals surface area contributed by atoms with E-state index in [1.165, 1.54) is 12.8 Å². The van der Waals surface area contributed by atoms with Crippen molar-refractivity contribution in [2.75, 3.05) is 6.61 Å². The van der Waals surface area contributed by atoms with Crippen LogP contribution in [0.3, 0.4) is 0 Å². The molecule has 1 spiro atoms. The summed E-state index contributed by atoms with van der Waals surface area (Å²) in [5.74, 6) is 0. The van der Waals surface area contributed by atoms with Crippen LogP contribution in [0.25, 0.3) is 0 Å². The minimum Gasteiger partial charge on any atom is -0.376 e. The summed E-state index contributed by atoms with van der Waals surface area (Å²) in [5, 5.41) is 0. The summed E-state index contributed by atoms with van der Waals surface area (Å²) in [5.41, 5.74) is 6.45. The molecule has 0 aromatic carbocycles. The van der Waals surface area contributed by atoms with Gasteiger partial charge in [0.2, 0.25) is 0 Å². The quantitative estimate of drug-likeness (QED) is 0.572. The molecular weight excluding hydrogens is 138 g/mol. The lowest BCUT2D eigenvalue weighted by molar-refractivity contribution is -0.0798. The fraction of sp³-hybridized carbons (Fsp3) is 1.00. The smallest absolute Gasteiger partial charge is 0.0632 e. The maximum absolute atomic E-state index is 5.90. The molecule has 2 unspecified atom stereocenters. The zero-order valence-electron chi connectivity index (χ0n) is 7.39. The molecule has 1 saturated carbocycles. The van der Waals surface area contributed by atoms with Crippen molar-refractivity contribution in [2.24, 2.45) is 11.1 Å². The van der Waals surface area contributed by atoms with Gasteiger partial charge in [0.1, 0.15) is 0 Å². The molecule has 2 fully saturated rings. The van der Waals surface area contributed by atoms with Crippen LogP contribution in [0, 0.1) is 5.41 Å². The summed E-state index contributed by atoms with van der Waals surface area (Å²) in [4.78, 5) is 0. The maximum Gasteiger partial charge on any atom is 0.0632 e. The first-order valence-electron chi connectivity index (χ1n) is 4.44. The molecule has 11 heavy (non-hydrogen) atoms. The number of ether oxygens (including phenoxy) is 1. The van der Waals surface area contributed by atoms with Crippen LogP contribution >= 0.6 is 0 Å². The fourth-order valence-corrected chi connectivity index (χ4v) is 2.39. The van der Waals surface area contributed by atoms with E-state index in [4.69, 9.17) is 10.5 Å². The molecule has 64 valence electrons. The lowest BCUT2D eigenvalue weighted by Gasteiger charge is -2.36. The van der Waals surface area contributed by atoms with Gasteiger partial charge in [-0.3, -0.25) is 0 Å². The third-order valence-electron chi connectivity index (χ3n) is 3.12. The Bertz CT molecular complexity index is 178.